The van der Waals surface area contributed by atoms with Crippen molar-refractivity contribution >= 4 is 40.6 Å². The fraction of sp³-hybridized carbons (Fsp3) is 0.400. The van der Waals surface area contributed by atoms with Gasteiger partial charge in [-0.05, 0) is 69.4 Å². The molecule has 7 nitrogen and oxygen atoms in total. The zero-order valence-corrected chi connectivity index (χ0v) is 27.5. The van der Waals surface area contributed by atoms with Gasteiger partial charge in [-0.2, -0.15) is 0 Å². The summed E-state index contributed by atoms with van der Waals surface area (Å²) in [7, 11) is 1.65. The summed E-state index contributed by atoms with van der Waals surface area (Å²) in [5.41, 5.74) is 4.85. The Morgan fingerprint density at radius 3 is 2.52 bits per heavy atom. The zero-order valence-electron chi connectivity index (χ0n) is 25.9. The quantitative estimate of drug-likeness (QED) is 0.296. The number of benzene rings is 1. The number of nitrogens with one attached hydrogen (secondary N) is 1. The molecule has 4 unspecified atom stereocenters. The van der Waals surface area contributed by atoms with Crippen LogP contribution in [0.3, 0.4) is 0 Å². The number of halogens is 1. The third kappa shape index (κ3) is 5.83. The minimum atomic E-state index is -0.194. The number of hydrogen-bond donors (Lipinski definition) is 1. The molecule has 6 rings (SSSR count). The summed E-state index contributed by atoms with van der Waals surface area (Å²) in [5, 5.41) is 6.80. The molecule has 0 radical (unpaired) electrons. The van der Waals surface area contributed by atoms with Crippen molar-refractivity contribution < 1.29 is 9.53 Å². The van der Waals surface area contributed by atoms with E-state index in [4.69, 9.17) is 21.3 Å². The molecule has 0 saturated carbocycles. The van der Waals surface area contributed by atoms with Crippen LogP contribution in [0.25, 0.3) is 33.6 Å². The molecule has 3 aliphatic rings. The lowest BCUT2D eigenvalue weighted by atomic mass is 9.84. The van der Waals surface area contributed by atoms with Gasteiger partial charge in [-0.3, -0.25) is 14.2 Å². The average Bonchev–Trinajstić information content (AvgIpc) is 3.62. The topological polar surface area (TPSA) is 76.5 Å². The number of ether oxygens (including phenoxy) is 1. The Morgan fingerprint density at radius 1 is 1.18 bits per heavy atom. The van der Waals surface area contributed by atoms with E-state index in [-0.39, 0.29) is 23.3 Å². The largest absolute Gasteiger partial charge is 0.497 e. The first kappa shape index (κ1) is 30.6. The van der Waals surface area contributed by atoms with E-state index >= 15 is 0 Å². The van der Waals surface area contributed by atoms with Crippen LogP contribution in [0.15, 0.2) is 64.0 Å². The predicted molar refractivity (Wildman–Crippen MR) is 180 cm³/mol. The van der Waals surface area contributed by atoms with Gasteiger partial charge in [0.15, 0.2) is 0 Å². The molecule has 1 N–H and O–H groups in total. The van der Waals surface area contributed by atoms with Crippen LogP contribution in [0.1, 0.15) is 63.0 Å². The van der Waals surface area contributed by atoms with Crippen LogP contribution in [0, 0.1) is 11.8 Å². The molecular weight excluding hydrogens is 592 g/mol. The minimum Gasteiger partial charge on any atom is -0.497 e. The number of carbonyl (C=O) groups is 1. The summed E-state index contributed by atoms with van der Waals surface area (Å²) in [4.78, 5) is 36.1. The van der Waals surface area contributed by atoms with Crippen molar-refractivity contribution in [1.29, 1.82) is 0 Å². The Labute approximate surface area is 267 Å². The molecule has 1 aromatic carbocycles. The summed E-state index contributed by atoms with van der Waals surface area (Å²) < 4.78 is 7.47. The van der Waals surface area contributed by atoms with E-state index in [0.717, 1.165) is 41.8 Å². The smallest absolute Gasteiger partial charge is 0.265 e. The van der Waals surface area contributed by atoms with Crippen molar-refractivity contribution in [2.24, 2.45) is 11.8 Å². The number of nitrogens with zero attached hydrogens (tertiary/aromatic N) is 3. The molecule has 9 heteroatoms. The number of carbonyl (C=O) groups excluding carboxylic acids is 1. The van der Waals surface area contributed by atoms with Crippen LogP contribution in [0.2, 0.25) is 5.02 Å². The monoisotopic (exact) mass is 630 g/mol. The Hall–Kier alpha value is -3.46. The molecule has 230 valence electrons. The van der Waals surface area contributed by atoms with Gasteiger partial charge >= 0.3 is 0 Å². The Bertz CT molecular complexity index is 1720. The van der Waals surface area contributed by atoms with Crippen molar-refractivity contribution in [3.8, 4) is 21.8 Å². The first-order valence-corrected chi connectivity index (χ1v) is 16.6. The zero-order chi connectivity index (χ0) is 31.1. The summed E-state index contributed by atoms with van der Waals surface area (Å²) in [6.07, 6.45) is 9.01. The molecule has 2 bridgehead atoms. The van der Waals surface area contributed by atoms with E-state index in [1.54, 1.807) is 17.7 Å². The van der Waals surface area contributed by atoms with Gasteiger partial charge in [0.1, 0.15) is 10.8 Å². The molecule has 2 aliphatic heterocycles. The minimum absolute atomic E-state index is 0.0552. The van der Waals surface area contributed by atoms with Crippen molar-refractivity contribution in [3.05, 3.63) is 85.8 Å². The fourth-order valence-electron chi connectivity index (χ4n) is 6.79. The van der Waals surface area contributed by atoms with Crippen LogP contribution in [-0.4, -0.2) is 52.6 Å². The number of likely N-dealkylation sites (tertiary alicyclic amines) is 1. The SMILES string of the molecule is CCC1C(n2c(C=C(C)C)c(C(=O)N3CC4CCC(C3)N4)cc(-c3nc(-c4ccc(Cl)cc4)cs3)c2=O)=CC(OC)=CC1C. The highest BCUT2D eigenvalue weighted by atomic mass is 35.5. The van der Waals surface area contributed by atoms with Gasteiger partial charge in [0.05, 0.1) is 29.6 Å². The summed E-state index contributed by atoms with van der Waals surface area (Å²) in [6, 6.07) is 9.89. The molecule has 1 aliphatic carbocycles. The van der Waals surface area contributed by atoms with Crippen LogP contribution < -0.4 is 10.9 Å². The van der Waals surface area contributed by atoms with Crippen molar-refractivity contribution in [2.75, 3.05) is 20.2 Å². The number of aromatic nitrogens is 2. The second-order valence-electron chi connectivity index (χ2n) is 12.3. The van der Waals surface area contributed by atoms with Crippen molar-refractivity contribution in [2.45, 2.75) is 59.0 Å². The predicted octanol–water partition coefficient (Wildman–Crippen LogP) is 7.34. The van der Waals surface area contributed by atoms with Gasteiger partial charge in [0.25, 0.3) is 11.5 Å². The van der Waals surface area contributed by atoms with Gasteiger partial charge in [0.2, 0.25) is 0 Å². The van der Waals surface area contributed by atoms with E-state index < -0.39 is 0 Å². The lowest BCUT2D eigenvalue weighted by Crippen LogP contribution is -2.53. The maximum atomic E-state index is 14.7. The number of piperazine rings is 1. The molecule has 44 heavy (non-hydrogen) atoms. The van der Waals surface area contributed by atoms with Crippen molar-refractivity contribution in [1.82, 2.24) is 19.8 Å². The standard InChI is InChI=1S/C35H39ClN4O3S/c1-6-27-21(4)14-26(43-5)15-32(27)40-31(13-20(2)3)28(34(41)39-17-24-11-12-25(18-39)37-24)16-29(35(40)42)33-38-30(19-44-33)22-7-9-23(36)10-8-22/h7-10,13-16,19,21,24-25,27,37H,6,11-12,17-18H2,1-5H3. The van der Waals surface area contributed by atoms with E-state index in [1.165, 1.54) is 11.3 Å². The van der Waals surface area contributed by atoms with Crippen LogP contribution in [0.4, 0.5) is 0 Å². The molecule has 4 atom stereocenters. The van der Waals surface area contributed by atoms with Crippen LogP contribution >= 0.6 is 22.9 Å². The van der Waals surface area contributed by atoms with Crippen molar-refractivity contribution in [3.63, 3.8) is 0 Å². The molecule has 2 fully saturated rings. The molecule has 2 aromatic heterocycles. The van der Waals surface area contributed by atoms with Gasteiger partial charge < -0.3 is 15.0 Å². The lowest BCUT2D eigenvalue weighted by molar-refractivity contribution is 0.0696. The number of hydrogen-bond acceptors (Lipinski definition) is 6. The highest BCUT2D eigenvalue weighted by Gasteiger charge is 2.37. The molecule has 2 saturated heterocycles. The normalized spacial score (nSPS) is 22.8. The van der Waals surface area contributed by atoms with Gasteiger partial charge in [0, 0.05) is 58.8 Å². The van der Waals surface area contributed by atoms with E-state index in [2.05, 4.69) is 25.2 Å². The van der Waals surface area contributed by atoms with E-state index in [0.29, 0.717) is 57.8 Å². The number of fused-ring (bicyclic) bond motifs is 2. The third-order valence-electron chi connectivity index (χ3n) is 8.94. The molecular formula is C35H39ClN4O3S. The number of amides is 1. The average molecular weight is 631 g/mol. The van der Waals surface area contributed by atoms with Crippen LogP contribution in [0.5, 0.6) is 0 Å². The highest BCUT2D eigenvalue weighted by molar-refractivity contribution is 7.13. The summed E-state index contributed by atoms with van der Waals surface area (Å²) in [6.45, 7) is 9.59. The number of pyridine rings is 1. The summed E-state index contributed by atoms with van der Waals surface area (Å²) in [5.74, 6) is 0.860. The van der Waals surface area contributed by atoms with E-state index in [9.17, 15) is 9.59 Å². The van der Waals surface area contributed by atoms with E-state index in [1.807, 2.05) is 60.5 Å². The van der Waals surface area contributed by atoms with Crippen LogP contribution in [-0.2, 0) is 4.74 Å². The molecule has 1 amide bonds. The third-order valence-corrected chi connectivity index (χ3v) is 10.1. The Balaban J connectivity index is 1.59. The maximum Gasteiger partial charge on any atom is 0.265 e. The molecule has 0 spiro atoms. The highest BCUT2D eigenvalue weighted by Crippen LogP contribution is 2.37. The summed E-state index contributed by atoms with van der Waals surface area (Å²) >= 11 is 7.53. The van der Waals surface area contributed by atoms with Gasteiger partial charge in [-0.25, -0.2) is 4.98 Å². The lowest BCUT2D eigenvalue weighted by Gasteiger charge is -2.34. The number of rotatable bonds is 7. The first-order chi connectivity index (χ1) is 21.2. The van der Waals surface area contributed by atoms with Gasteiger partial charge in [-0.1, -0.05) is 43.2 Å². The first-order valence-electron chi connectivity index (χ1n) is 15.4. The number of allylic oxidation sites excluding steroid dienone is 4. The number of methoxy groups -OCH3 is 1. The second kappa shape index (κ2) is 12.5. The van der Waals surface area contributed by atoms with Gasteiger partial charge in [-0.15, -0.1) is 11.3 Å². The fourth-order valence-corrected chi connectivity index (χ4v) is 7.76. The molecule has 4 heterocycles. The molecule has 3 aromatic rings. The Kier molecular flexibility index (Phi) is 8.68. The second-order valence-corrected chi connectivity index (χ2v) is 13.6. The maximum absolute atomic E-state index is 14.7. The number of thiazole rings is 1. The Morgan fingerprint density at radius 2 is 1.89 bits per heavy atom.